The van der Waals surface area contributed by atoms with Crippen LogP contribution in [0.4, 0.5) is 4.39 Å². The van der Waals surface area contributed by atoms with Gasteiger partial charge in [-0.3, -0.25) is 0 Å². The summed E-state index contributed by atoms with van der Waals surface area (Å²) in [5.41, 5.74) is 1.06. The zero-order valence-electron chi connectivity index (χ0n) is 9.63. The van der Waals surface area contributed by atoms with E-state index in [2.05, 4.69) is 5.32 Å². The maximum atomic E-state index is 13.5. The molecule has 0 saturated carbocycles. The van der Waals surface area contributed by atoms with E-state index in [9.17, 15) is 4.39 Å². The largest absolute Gasteiger partial charge is 0.494 e. The van der Waals surface area contributed by atoms with Crippen LogP contribution in [0, 0.1) is 11.7 Å². The van der Waals surface area contributed by atoms with Gasteiger partial charge in [-0.05, 0) is 56.0 Å². The molecule has 1 aliphatic heterocycles. The summed E-state index contributed by atoms with van der Waals surface area (Å²) in [5.74, 6) is 0.704. The summed E-state index contributed by atoms with van der Waals surface area (Å²) in [6, 6.07) is 5.25. The third-order valence-electron chi connectivity index (χ3n) is 3.14. The first kappa shape index (κ1) is 11.4. The predicted octanol–water partition coefficient (Wildman–Crippen LogP) is 2.38. The van der Waals surface area contributed by atoms with Crippen LogP contribution in [-0.4, -0.2) is 20.2 Å². The van der Waals surface area contributed by atoms with E-state index < -0.39 is 0 Å². The first-order chi connectivity index (χ1) is 7.79. The van der Waals surface area contributed by atoms with Crippen LogP contribution in [0.1, 0.15) is 18.4 Å². The van der Waals surface area contributed by atoms with Gasteiger partial charge in [0.25, 0.3) is 0 Å². The molecule has 0 aliphatic carbocycles. The lowest BCUT2D eigenvalue weighted by molar-refractivity contribution is 0.372. The standard InChI is InChI=1S/C13H18FNO/c1-16-13-5-4-10(8-12(13)14)7-11-3-2-6-15-9-11/h4-5,8,11,15H,2-3,6-7,9H2,1H3. The Morgan fingerprint density at radius 3 is 3.00 bits per heavy atom. The Morgan fingerprint density at radius 1 is 1.50 bits per heavy atom. The zero-order chi connectivity index (χ0) is 11.4. The van der Waals surface area contributed by atoms with Crippen molar-refractivity contribution >= 4 is 0 Å². The fourth-order valence-corrected chi connectivity index (χ4v) is 2.27. The zero-order valence-corrected chi connectivity index (χ0v) is 9.63. The third-order valence-corrected chi connectivity index (χ3v) is 3.14. The van der Waals surface area contributed by atoms with Crippen molar-refractivity contribution in [2.24, 2.45) is 5.92 Å². The second-order valence-electron chi connectivity index (χ2n) is 4.39. The van der Waals surface area contributed by atoms with Crippen molar-refractivity contribution in [2.45, 2.75) is 19.3 Å². The Kier molecular flexibility index (Phi) is 3.78. The molecule has 1 heterocycles. The molecular weight excluding hydrogens is 205 g/mol. The van der Waals surface area contributed by atoms with Crippen LogP contribution in [0.3, 0.4) is 0 Å². The van der Waals surface area contributed by atoms with Gasteiger partial charge in [0.15, 0.2) is 11.6 Å². The monoisotopic (exact) mass is 223 g/mol. The van der Waals surface area contributed by atoms with Crippen molar-refractivity contribution < 1.29 is 9.13 Å². The highest BCUT2D eigenvalue weighted by atomic mass is 19.1. The number of benzene rings is 1. The Hall–Kier alpha value is -1.09. The van der Waals surface area contributed by atoms with Gasteiger partial charge in [0.05, 0.1) is 7.11 Å². The molecule has 1 aromatic carbocycles. The SMILES string of the molecule is COc1ccc(CC2CCCNC2)cc1F. The normalized spacial score (nSPS) is 20.8. The molecule has 1 unspecified atom stereocenters. The van der Waals surface area contributed by atoms with E-state index in [1.807, 2.05) is 6.07 Å². The van der Waals surface area contributed by atoms with E-state index in [0.717, 1.165) is 25.1 Å². The maximum absolute atomic E-state index is 13.5. The first-order valence-corrected chi connectivity index (χ1v) is 5.82. The summed E-state index contributed by atoms with van der Waals surface area (Å²) in [5, 5.41) is 3.37. The second-order valence-corrected chi connectivity index (χ2v) is 4.39. The van der Waals surface area contributed by atoms with E-state index in [1.54, 1.807) is 12.1 Å². The Labute approximate surface area is 95.8 Å². The molecule has 0 amide bonds. The molecule has 3 heteroatoms. The Bertz CT molecular complexity index is 348. The van der Waals surface area contributed by atoms with Crippen LogP contribution < -0.4 is 10.1 Å². The van der Waals surface area contributed by atoms with Gasteiger partial charge >= 0.3 is 0 Å². The average Bonchev–Trinajstić information content (AvgIpc) is 2.31. The Morgan fingerprint density at radius 2 is 2.38 bits per heavy atom. The lowest BCUT2D eigenvalue weighted by Crippen LogP contribution is -2.30. The highest BCUT2D eigenvalue weighted by molar-refractivity contribution is 5.29. The fourth-order valence-electron chi connectivity index (χ4n) is 2.27. The van der Waals surface area contributed by atoms with Crippen molar-refractivity contribution in [2.75, 3.05) is 20.2 Å². The maximum Gasteiger partial charge on any atom is 0.165 e. The van der Waals surface area contributed by atoms with Crippen LogP contribution >= 0.6 is 0 Å². The highest BCUT2D eigenvalue weighted by Gasteiger charge is 2.14. The van der Waals surface area contributed by atoms with Gasteiger partial charge in [-0.25, -0.2) is 4.39 Å². The lowest BCUT2D eigenvalue weighted by Gasteiger charge is -2.22. The molecule has 0 radical (unpaired) electrons. The van der Waals surface area contributed by atoms with Gasteiger partial charge in [-0.1, -0.05) is 6.07 Å². The van der Waals surface area contributed by atoms with Crippen molar-refractivity contribution in [3.05, 3.63) is 29.6 Å². The van der Waals surface area contributed by atoms with Gasteiger partial charge in [-0.15, -0.1) is 0 Å². The van der Waals surface area contributed by atoms with Crippen molar-refractivity contribution in [1.82, 2.24) is 5.32 Å². The quantitative estimate of drug-likeness (QED) is 0.849. The summed E-state index contributed by atoms with van der Waals surface area (Å²) in [6.07, 6.45) is 3.41. The fraction of sp³-hybridized carbons (Fsp3) is 0.538. The summed E-state index contributed by atoms with van der Waals surface area (Å²) < 4.78 is 18.4. The number of methoxy groups -OCH3 is 1. The number of piperidine rings is 1. The number of nitrogens with one attached hydrogen (secondary N) is 1. The van der Waals surface area contributed by atoms with Gasteiger partial charge in [-0.2, -0.15) is 0 Å². The van der Waals surface area contributed by atoms with Crippen LogP contribution in [-0.2, 0) is 6.42 Å². The van der Waals surface area contributed by atoms with Gasteiger partial charge in [0.1, 0.15) is 0 Å². The summed E-state index contributed by atoms with van der Waals surface area (Å²) in [7, 11) is 1.49. The van der Waals surface area contributed by atoms with E-state index >= 15 is 0 Å². The van der Waals surface area contributed by atoms with E-state index in [-0.39, 0.29) is 5.82 Å². The number of hydrogen-bond donors (Lipinski definition) is 1. The third kappa shape index (κ3) is 2.73. The highest BCUT2D eigenvalue weighted by Crippen LogP contribution is 2.21. The summed E-state index contributed by atoms with van der Waals surface area (Å²) >= 11 is 0. The van der Waals surface area contributed by atoms with Crippen LogP contribution in [0.5, 0.6) is 5.75 Å². The van der Waals surface area contributed by atoms with Crippen molar-refractivity contribution in [1.29, 1.82) is 0 Å². The average molecular weight is 223 g/mol. The van der Waals surface area contributed by atoms with Crippen molar-refractivity contribution in [3.8, 4) is 5.75 Å². The molecule has 16 heavy (non-hydrogen) atoms. The molecule has 0 bridgehead atoms. The molecule has 1 aromatic rings. The molecule has 1 aliphatic rings. The molecule has 0 spiro atoms. The van der Waals surface area contributed by atoms with Gasteiger partial charge < -0.3 is 10.1 Å². The van der Waals surface area contributed by atoms with E-state index in [0.29, 0.717) is 11.7 Å². The molecule has 0 aromatic heterocycles. The van der Waals surface area contributed by atoms with Gasteiger partial charge in [0, 0.05) is 0 Å². The second kappa shape index (κ2) is 5.30. The number of rotatable bonds is 3. The molecule has 1 atom stereocenters. The smallest absolute Gasteiger partial charge is 0.165 e. The van der Waals surface area contributed by atoms with E-state index in [4.69, 9.17) is 4.74 Å². The number of halogens is 1. The van der Waals surface area contributed by atoms with Gasteiger partial charge in [0.2, 0.25) is 0 Å². The predicted molar refractivity (Wildman–Crippen MR) is 62.2 cm³/mol. The van der Waals surface area contributed by atoms with Crippen LogP contribution in [0.2, 0.25) is 0 Å². The molecule has 1 fully saturated rings. The molecule has 2 rings (SSSR count). The number of ether oxygens (including phenoxy) is 1. The molecule has 1 N–H and O–H groups in total. The molecular formula is C13H18FNO. The summed E-state index contributed by atoms with van der Waals surface area (Å²) in [4.78, 5) is 0. The van der Waals surface area contributed by atoms with E-state index in [1.165, 1.54) is 20.0 Å². The van der Waals surface area contributed by atoms with Crippen molar-refractivity contribution in [3.63, 3.8) is 0 Å². The van der Waals surface area contributed by atoms with Crippen LogP contribution in [0.15, 0.2) is 18.2 Å². The Balaban J connectivity index is 2.01. The van der Waals surface area contributed by atoms with Crippen LogP contribution in [0.25, 0.3) is 0 Å². The minimum atomic E-state index is -0.260. The lowest BCUT2D eigenvalue weighted by atomic mass is 9.92. The minimum absolute atomic E-state index is 0.260. The minimum Gasteiger partial charge on any atom is -0.494 e. The number of hydrogen-bond acceptors (Lipinski definition) is 2. The molecule has 1 saturated heterocycles. The topological polar surface area (TPSA) is 21.3 Å². The summed E-state index contributed by atoms with van der Waals surface area (Å²) in [6.45, 7) is 2.17. The molecule has 2 nitrogen and oxygen atoms in total. The molecule has 88 valence electrons. The first-order valence-electron chi connectivity index (χ1n) is 5.82.